The number of anilines is 1. The van der Waals surface area contributed by atoms with Crippen LogP contribution in [0.25, 0.3) is 16.8 Å². The predicted octanol–water partition coefficient (Wildman–Crippen LogP) is 6.01. The number of hydrogen-bond donors (Lipinski definition) is 2. The van der Waals surface area contributed by atoms with Crippen LogP contribution in [0.1, 0.15) is 61.3 Å². The van der Waals surface area contributed by atoms with Crippen LogP contribution in [0.2, 0.25) is 5.02 Å². The van der Waals surface area contributed by atoms with Crippen LogP contribution in [0.15, 0.2) is 42.5 Å². The van der Waals surface area contributed by atoms with Gasteiger partial charge in [0.1, 0.15) is 11.6 Å². The molecule has 214 valence electrons. The molecule has 5 rings (SSSR count). The fraction of sp³-hybridized carbons (Fsp3) is 0.355. The van der Waals surface area contributed by atoms with Crippen molar-refractivity contribution in [3.8, 4) is 11.3 Å². The quantitative estimate of drug-likeness (QED) is 0.369. The van der Waals surface area contributed by atoms with Gasteiger partial charge >= 0.3 is 5.97 Å². The number of hydrogen-bond acceptors (Lipinski definition) is 5. The van der Waals surface area contributed by atoms with Gasteiger partial charge in [-0.1, -0.05) is 49.2 Å². The first kappa shape index (κ1) is 28.5. The molecule has 0 saturated heterocycles. The first-order valence-electron chi connectivity index (χ1n) is 13.7. The Labute approximate surface area is 242 Å². The maximum Gasteiger partial charge on any atom is 0.309 e. The molecular weight excluding hydrogens is 547 g/mol. The summed E-state index contributed by atoms with van der Waals surface area (Å²) in [5, 5.41) is 3.06. The maximum atomic E-state index is 14.7. The van der Waals surface area contributed by atoms with Gasteiger partial charge < -0.3 is 19.9 Å². The van der Waals surface area contributed by atoms with Crippen LogP contribution in [0.3, 0.4) is 0 Å². The second-order valence-corrected chi connectivity index (χ2v) is 11.0. The molecule has 3 heterocycles. The Kier molecular flexibility index (Phi) is 8.26. The van der Waals surface area contributed by atoms with Gasteiger partial charge in [0.15, 0.2) is 0 Å². The van der Waals surface area contributed by atoms with Gasteiger partial charge in [-0.25, -0.2) is 9.37 Å². The maximum absolute atomic E-state index is 14.7. The topological polar surface area (TPSA) is 104 Å². The van der Waals surface area contributed by atoms with Crippen molar-refractivity contribution in [1.82, 2.24) is 14.9 Å². The molecule has 2 aliphatic heterocycles. The van der Waals surface area contributed by atoms with Crippen LogP contribution in [-0.2, 0) is 25.5 Å². The summed E-state index contributed by atoms with van der Waals surface area (Å²) < 4.78 is 19.5. The molecule has 10 heteroatoms. The molecule has 2 N–H and O–H groups in total. The summed E-state index contributed by atoms with van der Waals surface area (Å²) in [7, 11) is 1.34. The Hall–Kier alpha value is -3.98. The van der Waals surface area contributed by atoms with Crippen LogP contribution < -0.4 is 5.32 Å². The minimum Gasteiger partial charge on any atom is -0.469 e. The lowest BCUT2D eigenvalue weighted by molar-refractivity contribution is -0.139. The van der Waals surface area contributed by atoms with Gasteiger partial charge in [-0.2, -0.15) is 0 Å². The predicted molar refractivity (Wildman–Crippen MR) is 155 cm³/mol. The Morgan fingerprint density at radius 1 is 1.20 bits per heavy atom. The summed E-state index contributed by atoms with van der Waals surface area (Å²) in [5.41, 5.74) is 4.37. The lowest BCUT2D eigenvalue weighted by atomic mass is 9.95. The molecule has 41 heavy (non-hydrogen) atoms. The molecular formula is C31H32ClFN4O4. The fourth-order valence-corrected chi connectivity index (χ4v) is 5.70. The molecule has 2 aromatic carbocycles. The number of ether oxygens (including phenoxy) is 1. The van der Waals surface area contributed by atoms with Crippen molar-refractivity contribution < 1.29 is 23.5 Å². The number of rotatable bonds is 4. The van der Waals surface area contributed by atoms with Crippen molar-refractivity contribution in [3.63, 3.8) is 0 Å². The highest BCUT2D eigenvalue weighted by Crippen LogP contribution is 2.37. The summed E-state index contributed by atoms with van der Waals surface area (Å²) in [4.78, 5) is 48.6. The average molecular weight is 579 g/mol. The number of esters is 1. The number of nitrogens with zero attached hydrogens (tertiary/aromatic N) is 2. The number of aromatic nitrogens is 2. The van der Waals surface area contributed by atoms with E-state index in [0.29, 0.717) is 71.7 Å². The third-order valence-corrected chi connectivity index (χ3v) is 8.12. The number of halogens is 2. The summed E-state index contributed by atoms with van der Waals surface area (Å²) in [6, 6.07) is 9.88. The van der Waals surface area contributed by atoms with Gasteiger partial charge in [0, 0.05) is 35.4 Å². The molecule has 0 fully saturated rings. The first-order valence-corrected chi connectivity index (χ1v) is 14.1. The molecule has 0 saturated carbocycles. The fourth-order valence-electron chi connectivity index (χ4n) is 5.53. The SMILES string of the molecule is COC(=O)Cc1ccc2c(c1)NC(=O)[C@H](C)CCC[C@H](N1CCC(c3cccc(Cl)c3F)=CC1=O)c1nc-2c(C)[nH]1. The van der Waals surface area contributed by atoms with Gasteiger partial charge in [-0.05, 0) is 49.5 Å². The molecule has 2 aliphatic rings. The van der Waals surface area contributed by atoms with E-state index in [4.69, 9.17) is 21.3 Å². The number of nitrogens with one attached hydrogen (secondary N) is 2. The Morgan fingerprint density at radius 3 is 2.76 bits per heavy atom. The van der Waals surface area contributed by atoms with E-state index >= 15 is 0 Å². The average Bonchev–Trinajstić information content (AvgIpc) is 3.33. The highest BCUT2D eigenvalue weighted by atomic mass is 35.5. The van der Waals surface area contributed by atoms with Crippen LogP contribution in [0.5, 0.6) is 0 Å². The van der Waals surface area contributed by atoms with Crippen LogP contribution in [0.4, 0.5) is 10.1 Å². The van der Waals surface area contributed by atoms with E-state index in [1.807, 2.05) is 26.0 Å². The number of imidazole rings is 1. The third kappa shape index (κ3) is 5.91. The largest absolute Gasteiger partial charge is 0.469 e. The van der Waals surface area contributed by atoms with Gasteiger partial charge in [0.2, 0.25) is 11.8 Å². The van der Waals surface area contributed by atoms with Crippen molar-refractivity contribution >= 4 is 40.6 Å². The van der Waals surface area contributed by atoms with Crippen molar-refractivity contribution in [2.45, 2.75) is 52.0 Å². The second-order valence-electron chi connectivity index (χ2n) is 10.6. The highest BCUT2D eigenvalue weighted by molar-refractivity contribution is 6.31. The number of carbonyl (C=O) groups is 3. The van der Waals surface area contributed by atoms with E-state index < -0.39 is 5.82 Å². The van der Waals surface area contributed by atoms with Crippen LogP contribution in [0, 0.1) is 18.7 Å². The molecule has 0 radical (unpaired) electrons. The van der Waals surface area contributed by atoms with E-state index in [1.54, 1.807) is 23.1 Å². The van der Waals surface area contributed by atoms with Crippen molar-refractivity contribution in [2.24, 2.45) is 5.92 Å². The third-order valence-electron chi connectivity index (χ3n) is 7.83. The minimum absolute atomic E-state index is 0.0204. The number of methoxy groups -OCH3 is 1. The second kappa shape index (κ2) is 11.9. The highest BCUT2D eigenvalue weighted by Gasteiger charge is 2.32. The molecule has 8 nitrogen and oxygen atoms in total. The molecule has 0 aliphatic carbocycles. The van der Waals surface area contributed by atoms with Gasteiger partial charge in [-0.15, -0.1) is 0 Å². The minimum atomic E-state index is -0.528. The van der Waals surface area contributed by atoms with Gasteiger partial charge in [0.05, 0.1) is 36.0 Å². The number of fused-ring (bicyclic) bond motifs is 4. The Morgan fingerprint density at radius 2 is 2.00 bits per heavy atom. The normalized spacial score (nSPS) is 19.4. The molecule has 0 unspecified atom stereocenters. The molecule has 0 spiro atoms. The standard InChI is InChI=1S/C31H32ClFN4O4/c1-17-6-4-9-25(37-13-12-20(16-26(37)38)21-7-5-8-23(32)28(21)33)30-34-18(2)29(36-30)22-11-10-19(15-27(39)41-3)14-24(22)35-31(17)40/h5,7-8,10-11,14,16-17,25H,4,6,9,12-13,15H2,1-3H3,(H,34,36)(H,35,40)/t17-,25+/m1/s1. The Balaban J connectivity index is 1.52. The van der Waals surface area contributed by atoms with E-state index in [0.717, 1.165) is 5.69 Å². The summed E-state index contributed by atoms with van der Waals surface area (Å²) in [6.07, 6.45) is 3.94. The lowest BCUT2D eigenvalue weighted by Gasteiger charge is -2.33. The summed E-state index contributed by atoms with van der Waals surface area (Å²) in [6.45, 7) is 4.17. The zero-order valence-electron chi connectivity index (χ0n) is 23.2. The Bertz CT molecular complexity index is 1550. The van der Waals surface area contributed by atoms with Crippen molar-refractivity contribution in [2.75, 3.05) is 19.0 Å². The van der Waals surface area contributed by atoms with E-state index in [2.05, 4.69) is 10.3 Å². The number of benzene rings is 2. The summed E-state index contributed by atoms with van der Waals surface area (Å²) in [5.74, 6) is -0.876. The van der Waals surface area contributed by atoms with Crippen molar-refractivity contribution in [1.29, 1.82) is 0 Å². The number of amides is 2. The number of carbonyl (C=O) groups excluding carboxylic acids is 3. The van der Waals surface area contributed by atoms with E-state index in [-0.39, 0.29) is 41.2 Å². The molecule has 2 atom stereocenters. The van der Waals surface area contributed by atoms with E-state index in [1.165, 1.54) is 19.3 Å². The van der Waals surface area contributed by atoms with Gasteiger partial charge in [0.25, 0.3) is 0 Å². The molecule has 3 aromatic rings. The summed E-state index contributed by atoms with van der Waals surface area (Å²) >= 11 is 5.98. The monoisotopic (exact) mass is 578 g/mol. The molecule has 1 aromatic heterocycles. The molecule has 2 amide bonds. The zero-order chi connectivity index (χ0) is 29.3. The number of aryl methyl sites for hydroxylation is 1. The first-order chi connectivity index (χ1) is 19.7. The van der Waals surface area contributed by atoms with Crippen molar-refractivity contribution in [3.05, 3.63) is 76.0 Å². The lowest BCUT2D eigenvalue weighted by Crippen LogP contribution is -2.38. The zero-order valence-corrected chi connectivity index (χ0v) is 24.0. The smallest absolute Gasteiger partial charge is 0.309 e. The molecule has 2 bridgehead atoms. The van der Waals surface area contributed by atoms with Crippen LogP contribution >= 0.6 is 11.6 Å². The van der Waals surface area contributed by atoms with Gasteiger partial charge in [-0.3, -0.25) is 14.4 Å². The number of H-pyrrole nitrogens is 1. The van der Waals surface area contributed by atoms with Crippen LogP contribution in [-0.4, -0.2) is 46.3 Å². The van der Waals surface area contributed by atoms with E-state index in [9.17, 15) is 18.8 Å². The number of aromatic amines is 1.